The number of benzene rings is 2. The van der Waals surface area contributed by atoms with Gasteiger partial charge in [0.05, 0.1) is 21.8 Å². The van der Waals surface area contributed by atoms with Gasteiger partial charge in [0.2, 0.25) is 10.0 Å². The summed E-state index contributed by atoms with van der Waals surface area (Å²) in [4.78, 5) is 20.9. The molecule has 0 bridgehead atoms. The zero-order valence-corrected chi connectivity index (χ0v) is 22.3. The number of thioether (sulfide) groups is 1. The molecule has 0 radical (unpaired) electrons. The maximum atomic E-state index is 12.3. The topological polar surface area (TPSA) is 129 Å². The number of non-ortho nitro benzene ring substituents is 1. The molecule has 0 aliphatic rings. The fourth-order valence-corrected chi connectivity index (χ4v) is 4.31. The van der Waals surface area contributed by atoms with E-state index in [0.29, 0.717) is 5.75 Å². The van der Waals surface area contributed by atoms with Crippen LogP contribution < -0.4 is 78.7 Å². The molecule has 27 heavy (non-hydrogen) atoms. The van der Waals surface area contributed by atoms with Crippen LogP contribution in [0.5, 0.6) is 0 Å². The first-order valence-corrected chi connectivity index (χ1v) is 10.0. The van der Waals surface area contributed by atoms with Gasteiger partial charge in [-0.15, -0.1) is 0 Å². The average molecular weight is 528 g/mol. The molecule has 1 N–H and O–H groups in total. The molecule has 0 aromatic heterocycles. The Morgan fingerprint density at radius 3 is 2.22 bits per heavy atom. The Morgan fingerprint density at radius 2 is 1.70 bits per heavy atom. The first-order valence-electron chi connectivity index (χ1n) is 7.39. The van der Waals surface area contributed by atoms with E-state index >= 15 is 0 Å². The number of hydrogen-bond donors (Lipinski definition) is 1. The first kappa shape index (κ1) is 24.7. The van der Waals surface area contributed by atoms with Crippen LogP contribution in [-0.2, 0) is 20.6 Å². The maximum absolute atomic E-state index is 12.3. The zero-order valence-electron chi connectivity index (χ0n) is 14.4. The molecule has 0 unspecified atom stereocenters. The molecule has 0 aliphatic carbocycles. The Kier molecular flexibility index (Phi) is 10.6. The Morgan fingerprint density at radius 1 is 1.11 bits per heavy atom. The molecule has 2 aromatic carbocycles. The quantitative estimate of drug-likeness (QED) is 0.293. The zero-order chi connectivity index (χ0) is 19.2. The summed E-state index contributed by atoms with van der Waals surface area (Å²) in [6.07, 6.45) is 0. The number of rotatable bonds is 9. The second-order valence-electron chi connectivity index (χ2n) is 5.24. The monoisotopic (exact) mass is 528 g/mol. The van der Waals surface area contributed by atoms with Gasteiger partial charge in [0, 0.05) is 23.6 Å². The van der Waals surface area contributed by atoms with Crippen LogP contribution in [0.25, 0.3) is 0 Å². The summed E-state index contributed by atoms with van der Waals surface area (Å²) >= 11 is 1.25. The van der Waals surface area contributed by atoms with E-state index in [1.54, 1.807) is 0 Å². The minimum absolute atomic E-state index is 0. The van der Waals surface area contributed by atoms with Crippen molar-refractivity contribution >= 4 is 33.4 Å². The molecule has 138 valence electrons. The van der Waals surface area contributed by atoms with Gasteiger partial charge in [-0.3, -0.25) is 10.1 Å². The summed E-state index contributed by atoms with van der Waals surface area (Å²) in [6, 6.07) is 12.0. The molecule has 0 aliphatic heterocycles. The number of carboxylic acid groups (broad SMARTS) is 1. The third kappa shape index (κ3) is 7.87. The van der Waals surface area contributed by atoms with Crippen LogP contribution in [0, 0.1) is 10.1 Å². The van der Waals surface area contributed by atoms with Crippen molar-refractivity contribution in [3.05, 3.63) is 70.3 Å². The van der Waals surface area contributed by atoms with Crippen molar-refractivity contribution in [3.63, 3.8) is 0 Å². The van der Waals surface area contributed by atoms with E-state index in [1.807, 2.05) is 30.3 Å². The molecule has 8 nitrogen and oxygen atoms in total. The molecule has 0 saturated heterocycles. The van der Waals surface area contributed by atoms with Crippen LogP contribution in [0.1, 0.15) is 5.56 Å². The molecule has 0 spiro atoms. The molecule has 0 saturated carbocycles. The van der Waals surface area contributed by atoms with E-state index in [1.165, 1.54) is 11.8 Å². The van der Waals surface area contributed by atoms with Gasteiger partial charge in [-0.1, -0.05) is 30.3 Å². The first-order chi connectivity index (χ1) is 12.3. The SMILES string of the molecule is O=C([O-])[C@H](CSCc1ccccc1)NS(=O)(=O)c1ccc([N+](=O)[O-])cc1.[Cs+]. The fraction of sp³-hybridized carbons (Fsp3) is 0.188. The van der Waals surface area contributed by atoms with Crippen LogP contribution in [0.4, 0.5) is 5.69 Å². The second kappa shape index (κ2) is 11.6. The molecule has 2 aromatic rings. The van der Waals surface area contributed by atoms with E-state index in [9.17, 15) is 28.4 Å². The normalized spacial score (nSPS) is 12.0. The van der Waals surface area contributed by atoms with Crippen molar-refractivity contribution in [1.82, 2.24) is 4.72 Å². The van der Waals surface area contributed by atoms with Gasteiger partial charge in [0.25, 0.3) is 5.69 Å². The number of aliphatic carboxylic acids is 1. The predicted octanol–water partition coefficient (Wildman–Crippen LogP) is -2.07. The van der Waals surface area contributed by atoms with Crippen LogP contribution in [0.3, 0.4) is 0 Å². The smallest absolute Gasteiger partial charge is 0.548 e. The third-order valence-corrected chi connectivity index (χ3v) is 5.93. The molecular weight excluding hydrogens is 513 g/mol. The number of carbonyl (C=O) groups is 1. The van der Waals surface area contributed by atoms with Gasteiger partial charge in [-0.25, -0.2) is 13.1 Å². The van der Waals surface area contributed by atoms with Gasteiger partial charge < -0.3 is 9.90 Å². The number of carbonyl (C=O) groups excluding carboxylic acids is 1. The fourth-order valence-electron chi connectivity index (χ4n) is 2.02. The van der Waals surface area contributed by atoms with Gasteiger partial charge in [-0.05, 0) is 17.7 Å². The largest absolute Gasteiger partial charge is 1.00 e. The number of sulfonamides is 1. The second-order valence-corrected chi connectivity index (χ2v) is 7.99. The predicted molar refractivity (Wildman–Crippen MR) is 94.8 cm³/mol. The van der Waals surface area contributed by atoms with Gasteiger partial charge in [0.15, 0.2) is 0 Å². The number of nitro benzene ring substituents is 1. The number of hydrogen-bond acceptors (Lipinski definition) is 7. The summed E-state index contributed by atoms with van der Waals surface area (Å²) in [7, 11) is -4.15. The Bertz CT molecular complexity index is 876. The van der Waals surface area contributed by atoms with E-state index in [2.05, 4.69) is 4.72 Å². The minimum Gasteiger partial charge on any atom is -0.548 e. The van der Waals surface area contributed by atoms with Crippen molar-refractivity contribution in [2.45, 2.75) is 16.7 Å². The molecule has 0 heterocycles. The number of nitro groups is 1. The summed E-state index contributed by atoms with van der Waals surface area (Å²) in [6.45, 7) is 0. The standard InChI is InChI=1S/C16H16N2O6S2.Cs/c19-16(20)15(11-25-10-12-4-2-1-3-5-12)17-26(23,24)14-8-6-13(7-9-14)18(21)22;/h1-9,15,17H,10-11H2,(H,19,20);/q;+1/p-1/t15-;/m0./s1. The average Bonchev–Trinajstić information content (AvgIpc) is 2.61. The number of carboxylic acids is 1. The molecule has 2 rings (SSSR count). The molecular formula is C16H15CsN2O6S2. The molecule has 0 fully saturated rings. The Hall–Kier alpha value is -0.378. The summed E-state index contributed by atoms with van der Waals surface area (Å²) in [5.41, 5.74) is 0.714. The molecule has 1 atom stereocenters. The molecule has 11 heteroatoms. The van der Waals surface area contributed by atoms with Crippen LogP contribution in [0.2, 0.25) is 0 Å². The Labute approximate surface area is 219 Å². The Balaban J connectivity index is 0.00000364. The molecule has 0 amide bonds. The van der Waals surface area contributed by atoms with E-state index in [-0.39, 0.29) is 85.2 Å². The van der Waals surface area contributed by atoms with Crippen molar-refractivity contribution in [3.8, 4) is 0 Å². The van der Waals surface area contributed by atoms with Crippen molar-refractivity contribution in [2.75, 3.05) is 5.75 Å². The van der Waals surface area contributed by atoms with E-state index in [0.717, 1.165) is 29.8 Å². The van der Waals surface area contributed by atoms with E-state index < -0.39 is 27.0 Å². The van der Waals surface area contributed by atoms with Crippen molar-refractivity contribution < 1.29 is 92.1 Å². The van der Waals surface area contributed by atoms with Gasteiger partial charge >= 0.3 is 68.9 Å². The van der Waals surface area contributed by atoms with Crippen LogP contribution >= 0.6 is 11.8 Å². The summed E-state index contributed by atoms with van der Waals surface area (Å²) < 4.78 is 26.6. The van der Waals surface area contributed by atoms with Crippen LogP contribution in [-0.4, -0.2) is 31.1 Å². The summed E-state index contributed by atoms with van der Waals surface area (Å²) in [5.74, 6) is -1.05. The van der Waals surface area contributed by atoms with Gasteiger partial charge in [-0.2, -0.15) is 11.8 Å². The van der Waals surface area contributed by atoms with Crippen molar-refractivity contribution in [1.29, 1.82) is 0 Å². The number of nitrogens with zero attached hydrogens (tertiary/aromatic N) is 1. The minimum atomic E-state index is -4.15. The van der Waals surface area contributed by atoms with Crippen LogP contribution in [0.15, 0.2) is 59.5 Å². The third-order valence-electron chi connectivity index (χ3n) is 3.34. The van der Waals surface area contributed by atoms with Gasteiger partial charge in [0.1, 0.15) is 0 Å². The van der Waals surface area contributed by atoms with E-state index in [4.69, 9.17) is 0 Å². The maximum Gasteiger partial charge on any atom is 1.00 e. The van der Waals surface area contributed by atoms with Crippen molar-refractivity contribution in [2.24, 2.45) is 0 Å². The number of nitrogens with one attached hydrogen (secondary N) is 1. The summed E-state index contributed by atoms with van der Waals surface area (Å²) in [5, 5.41) is 21.9.